The molecule has 1 aliphatic heterocycles. The number of pyridine rings is 1. The van der Waals surface area contributed by atoms with Crippen LogP contribution in [0.2, 0.25) is 0 Å². The number of amides is 1. The van der Waals surface area contributed by atoms with E-state index in [4.69, 9.17) is 4.42 Å². The van der Waals surface area contributed by atoms with Crippen molar-refractivity contribution in [2.24, 2.45) is 7.05 Å². The molecular formula is C19H25N3O3. The highest BCUT2D eigenvalue weighted by Crippen LogP contribution is 2.27. The van der Waals surface area contributed by atoms with Crippen LogP contribution in [-0.4, -0.2) is 26.9 Å². The molecule has 0 aliphatic carbocycles. The summed E-state index contributed by atoms with van der Waals surface area (Å²) < 4.78 is 7.39. The lowest BCUT2D eigenvalue weighted by atomic mass is 9.97. The van der Waals surface area contributed by atoms with Crippen molar-refractivity contribution in [2.75, 3.05) is 6.54 Å². The smallest absolute Gasteiger partial charge is 0.263 e. The molecule has 2 aromatic rings. The molecule has 3 heterocycles. The summed E-state index contributed by atoms with van der Waals surface area (Å²) in [4.78, 5) is 31.8. The SMILES string of the molecule is Cc1cc(C)n(C)c(=O)c1C(=O)N1CCc2oc(C(C)(C)C)nc2C1. The molecule has 0 aromatic carbocycles. The second-order valence-corrected chi connectivity index (χ2v) is 7.82. The third-order valence-corrected chi connectivity index (χ3v) is 4.74. The number of fused-ring (bicyclic) bond motifs is 1. The number of oxazole rings is 1. The normalized spacial score (nSPS) is 14.6. The summed E-state index contributed by atoms with van der Waals surface area (Å²) in [6.07, 6.45) is 0.620. The third kappa shape index (κ3) is 3.01. The van der Waals surface area contributed by atoms with Gasteiger partial charge in [-0.3, -0.25) is 9.59 Å². The topological polar surface area (TPSA) is 68.3 Å². The monoisotopic (exact) mass is 343 g/mol. The summed E-state index contributed by atoms with van der Waals surface area (Å²) in [5, 5.41) is 0. The van der Waals surface area contributed by atoms with Gasteiger partial charge in [0, 0.05) is 31.1 Å². The molecule has 0 bridgehead atoms. The van der Waals surface area contributed by atoms with Gasteiger partial charge in [0.2, 0.25) is 0 Å². The Balaban J connectivity index is 1.93. The molecular weight excluding hydrogens is 318 g/mol. The Hall–Kier alpha value is -2.37. The zero-order valence-electron chi connectivity index (χ0n) is 15.8. The fraction of sp³-hybridized carbons (Fsp3) is 0.526. The Morgan fingerprint density at radius 3 is 2.60 bits per heavy atom. The predicted molar refractivity (Wildman–Crippen MR) is 94.8 cm³/mol. The average Bonchev–Trinajstić information content (AvgIpc) is 2.96. The summed E-state index contributed by atoms with van der Waals surface area (Å²) in [5.74, 6) is 1.31. The van der Waals surface area contributed by atoms with Crippen molar-refractivity contribution < 1.29 is 9.21 Å². The fourth-order valence-electron chi connectivity index (χ4n) is 3.09. The lowest BCUT2D eigenvalue weighted by Gasteiger charge is -2.26. The van der Waals surface area contributed by atoms with Crippen molar-refractivity contribution in [3.63, 3.8) is 0 Å². The first-order valence-electron chi connectivity index (χ1n) is 8.55. The molecule has 3 rings (SSSR count). The molecule has 6 nitrogen and oxygen atoms in total. The van der Waals surface area contributed by atoms with Gasteiger partial charge in [0.05, 0.1) is 6.54 Å². The van der Waals surface area contributed by atoms with Gasteiger partial charge in [-0.15, -0.1) is 0 Å². The maximum atomic E-state index is 13.0. The molecule has 0 spiro atoms. The lowest BCUT2D eigenvalue weighted by molar-refractivity contribution is 0.0724. The Labute approximate surface area is 147 Å². The van der Waals surface area contributed by atoms with E-state index in [2.05, 4.69) is 4.98 Å². The second kappa shape index (κ2) is 5.86. The Morgan fingerprint density at radius 2 is 1.96 bits per heavy atom. The number of rotatable bonds is 1. The van der Waals surface area contributed by atoms with Crippen LogP contribution in [0.1, 0.15) is 59.7 Å². The van der Waals surface area contributed by atoms with Crippen molar-refractivity contribution in [3.8, 4) is 0 Å². The highest BCUT2D eigenvalue weighted by Gasteiger charge is 2.31. The summed E-state index contributed by atoms with van der Waals surface area (Å²) in [6.45, 7) is 10.7. The molecule has 1 aliphatic rings. The second-order valence-electron chi connectivity index (χ2n) is 7.82. The number of aromatic nitrogens is 2. The van der Waals surface area contributed by atoms with Crippen LogP contribution in [-0.2, 0) is 25.4 Å². The Bertz CT molecular complexity index is 900. The van der Waals surface area contributed by atoms with E-state index in [0.29, 0.717) is 31.0 Å². The van der Waals surface area contributed by atoms with E-state index < -0.39 is 0 Å². The van der Waals surface area contributed by atoms with Crippen molar-refractivity contribution in [1.82, 2.24) is 14.5 Å². The third-order valence-electron chi connectivity index (χ3n) is 4.74. The van der Waals surface area contributed by atoms with Crippen LogP contribution >= 0.6 is 0 Å². The van der Waals surface area contributed by atoms with Crippen LogP contribution in [0.5, 0.6) is 0 Å². The molecule has 2 aromatic heterocycles. The van der Waals surface area contributed by atoms with E-state index in [0.717, 1.165) is 17.1 Å². The van der Waals surface area contributed by atoms with E-state index in [1.165, 1.54) is 4.57 Å². The first-order valence-corrected chi connectivity index (χ1v) is 8.55. The highest BCUT2D eigenvalue weighted by molar-refractivity contribution is 5.95. The van der Waals surface area contributed by atoms with Gasteiger partial charge in [-0.1, -0.05) is 20.8 Å². The van der Waals surface area contributed by atoms with Crippen LogP contribution in [0.25, 0.3) is 0 Å². The van der Waals surface area contributed by atoms with E-state index in [1.54, 1.807) is 11.9 Å². The Morgan fingerprint density at radius 1 is 1.28 bits per heavy atom. The molecule has 134 valence electrons. The standard InChI is InChI=1S/C19H25N3O3/c1-11-9-12(2)21(6)16(23)15(11)17(24)22-8-7-14-13(10-22)20-18(25-14)19(3,4)5/h9H,7-8,10H2,1-6H3. The summed E-state index contributed by atoms with van der Waals surface area (Å²) in [5.41, 5.74) is 2.18. The molecule has 25 heavy (non-hydrogen) atoms. The number of hydrogen-bond donors (Lipinski definition) is 0. The minimum absolute atomic E-state index is 0.171. The van der Waals surface area contributed by atoms with Gasteiger partial charge in [0.15, 0.2) is 5.89 Å². The van der Waals surface area contributed by atoms with Gasteiger partial charge < -0.3 is 13.9 Å². The molecule has 0 unspecified atom stereocenters. The van der Waals surface area contributed by atoms with Gasteiger partial charge in [0.1, 0.15) is 17.0 Å². The van der Waals surface area contributed by atoms with E-state index in [-0.39, 0.29) is 22.4 Å². The number of aryl methyl sites for hydroxylation is 2. The van der Waals surface area contributed by atoms with E-state index in [1.807, 2.05) is 40.7 Å². The van der Waals surface area contributed by atoms with Crippen molar-refractivity contribution >= 4 is 5.91 Å². The van der Waals surface area contributed by atoms with E-state index >= 15 is 0 Å². The van der Waals surface area contributed by atoms with Gasteiger partial charge in [0.25, 0.3) is 11.5 Å². The van der Waals surface area contributed by atoms with Crippen molar-refractivity contribution in [2.45, 2.75) is 53.0 Å². The van der Waals surface area contributed by atoms with Crippen molar-refractivity contribution in [1.29, 1.82) is 0 Å². The molecule has 0 N–H and O–H groups in total. The van der Waals surface area contributed by atoms with Crippen LogP contribution in [0, 0.1) is 13.8 Å². The molecule has 0 saturated carbocycles. The zero-order chi connectivity index (χ0) is 18.5. The summed E-state index contributed by atoms with van der Waals surface area (Å²) in [7, 11) is 1.69. The van der Waals surface area contributed by atoms with Gasteiger partial charge in [-0.25, -0.2) is 4.98 Å². The van der Waals surface area contributed by atoms with Crippen LogP contribution < -0.4 is 5.56 Å². The number of hydrogen-bond acceptors (Lipinski definition) is 4. The quantitative estimate of drug-likeness (QED) is 0.798. The number of nitrogens with zero attached hydrogens (tertiary/aromatic N) is 3. The van der Waals surface area contributed by atoms with Crippen LogP contribution in [0.4, 0.5) is 0 Å². The van der Waals surface area contributed by atoms with Gasteiger partial charge in [-0.05, 0) is 25.5 Å². The predicted octanol–water partition coefficient (Wildman–Crippen LogP) is 2.49. The highest BCUT2D eigenvalue weighted by atomic mass is 16.4. The first-order chi connectivity index (χ1) is 11.6. The molecule has 0 fully saturated rings. The maximum Gasteiger partial charge on any atom is 0.263 e. The Kier molecular flexibility index (Phi) is 4.09. The van der Waals surface area contributed by atoms with Crippen LogP contribution in [0.3, 0.4) is 0 Å². The minimum Gasteiger partial charge on any atom is -0.445 e. The molecule has 0 saturated heterocycles. The van der Waals surface area contributed by atoms with Gasteiger partial charge >= 0.3 is 0 Å². The van der Waals surface area contributed by atoms with Crippen molar-refractivity contribution in [3.05, 3.63) is 50.6 Å². The first kappa shape index (κ1) is 17.5. The molecule has 0 atom stereocenters. The fourth-order valence-corrected chi connectivity index (χ4v) is 3.09. The zero-order valence-corrected chi connectivity index (χ0v) is 15.8. The van der Waals surface area contributed by atoms with Crippen LogP contribution in [0.15, 0.2) is 15.3 Å². The number of carbonyl (C=O) groups excluding carboxylic acids is 1. The molecule has 0 radical (unpaired) electrons. The average molecular weight is 343 g/mol. The van der Waals surface area contributed by atoms with E-state index in [9.17, 15) is 9.59 Å². The largest absolute Gasteiger partial charge is 0.445 e. The van der Waals surface area contributed by atoms with Gasteiger partial charge in [-0.2, -0.15) is 0 Å². The lowest BCUT2D eigenvalue weighted by Crippen LogP contribution is -2.40. The maximum absolute atomic E-state index is 13.0. The minimum atomic E-state index is -0.246. The number of carbonyl (C=O) groups is 1. The summed E-state index contributed by atoms with van der Waals surface area (Å²) in [6, 6.07) is 1.87. The molecule has 6 heteroatoms. The molecule has 1 amide bonds. The summed E-state index contributed by atoms with van der Waals surface area (Å²) >= 11 is 0.